The Morgan fingerprint density at radius 2 is 2.24 bits per heavy atom. The van der Waals surface area contributed by atoms with Crippen molar-refractivity contribution in [1.29, 1.82) is 0 Å². The van der Waals surface area contributed by atoms with E-state index >= 15 is 0 Å². The number of amides is 1. The van der Waals surface area contributed by atoms with E-state index in [1.54, 1.807) is 17.8 Å². The molecule has 4 nitrogen and oxygen atoms in total. The Morgan fingerprint density at radius 3 is 2.71 bits per heavy atom. The van der Waals surface area contributed by atoms with Crippen LogP contribution in [0.3, 0.4) is 0 Å². The van der Waals surface area contributed by atoms with Crippen LogP contribution in [0.1, 0.15) is 0 Å². The molecule has 17 heavy (non-hydrogen) atoms. The zero-order valence-electron chi connectivity index (χ0n) is 9.17. The molecule has 0 spiro atoms. The van der Waals surface area contributed by atoms with Crippen molar-refractivity contribution in [1.82, 2.24) is 0 Å². The molecular formula is C9H13ClN3OPS2. The standard InChI is InChI=1S/C9H13ClN3OPS2/c1-17-8-4-2-3-7(5-8)13(9(14)6-10)15(11,12)16/h2-5H,6H2,1H3,(H4,11,12,16). The van der Waals surface area contributed by atoms with E-state index < -0.39 is 6.49 Å². The van der Waals surface area contributed by atoms with Gasteiger partial charge in [0.05, 0.1) is 5.69 Å². The molecule has 0 fully saturated rings. The molecule has 0 saturated carbocycles. The Kier molecular flexibility index (Phi) is 5.44. The third kappa shape index (κ3) is 3.95. The van der Waals surface area contributed by atoms with Gasteiger partial charge in [-0.05, 0) is 36.3 Å². The van der Waals surface area contributed by atoms with Crippen molar-refractivity contribution in [3.8, 4) is 0 Å². The first kappa shape index (κ1) is 15.0. The van der Waals surface area contributed by atoms with Crippen LogP contribution in [0, 0.1) is 0 Å². The second kappa shape index (κ2) is 6.18. The molecule has 0 bridgehead atoms. The van der Waals surface area contributed by atoms with Crippen LogP contribution < -0.4 is 15.7 Å². The van der Waals surface area contributed by atoms with Gasteiger partial charge in [0.15, 0.2) is 6.49 Å². The molecular weight excluding hydrogens is 297 g/mol. The Morgan fingerprint density at radius 1 is 1.59 bits per heavy atom. The van der Waals surface area contributed by atoms with Crippen molar-refractivity contribution < 1.29 is 4.79 Å². The molecule has 0 aliphatic rings. The van der Waals surface area contributed by atoms with Crippen LogP contribution in [-0.4, -0.2) is 18.0 Å². The van der Waals surface area contributed by atoms with Crippen LogP contribution in [0.25, 0.3) is 0 Å². The van der Waals surface area contributed by atoms with Gasteiger partial charge in [0.2, 0.25) is 5.91 Å². The Bertz CT molecular complexity index is 465. The maximum atomic E-state index is 11.7. The molecule has 0 atom stereocenters. The highest BCUT2D eigenvalue weighted by Gasteiger charge is 2.24. The molecule has 8 heteroatoms. The topological polar surface area (TPSA) is 72.3 Å². The molecule has 94 valence electrons. The van der Waals surface area contributed by atoms with Crippen LogP contribution in [0.15, 0.2) is 29.2 Å². The summed E-state index contributed by atoms with van der Waals surface area (Å²) in [5.41, 5.74) is 12.0. The highest BCUT2D eigenvalue weighted by atomic mass is 35.5. The molecule has 0 aliphatic heterocycles. The average molecular weight is 310 g/mol. The minimum Gasteiger partial charge on any atom is -0.275 e. The highest BCUT2D eigenvalue weighted by molar-refractivity contribution is 8.13. The molecule has 0 aromatic heterocycles. The van der Waals surface area contributed by atoms with E-state index in [2.05, 4.69) is 0 Å². The van der Waals surface area contributed by atoms with Gasteiger partial charge in [0.25, 0.3) is 0 Å². The molecule has 1 aromatic rings. The fourth-order valence-corrected chi connectivity index (χ4v) is 3.41. The van der Waals surface area contributed by atoms with Gasteiger partial charge in [-0.1, -0.05) is 6.07 Å². The number of carbonyl (C=O) groups excluding carboxylic acids is 1. The van der Waals surface area contributed by atoms with Crippen LogP contribution in [0.5, 0.6) is 0 Å². The zero-order valence-corrected chi connectivity index (χ0v) is 12.5. The largest absolute Gasteiger partial charge is 0.275 e. The number of nitrogens with zero attached hydrogens (tertiary/aromatic N) is 1. The van der Waals surface area contributed by atoms with Crippen molar-refractivity contribution >= 4 is 53.3 Å². The number of hydrogen-bond acceptors (Lipinski definition) is 3. The summed E-state index contributed by atoms with van der Waals surface area (Å²) in [6, 6.07) is 7.30. The van der Waals surface area contributed by atoms with Crippen molar-refractivity contribution in [2.24, 2.45) is 11.0 Å². The summed E-state index contributed by atoms with van der Waals surface area (Å²) < 4.78 is 1.23. The smallest absolute Gasteiger partial charge is 0.247 e. The number of thioether (sulfide) groups is 1. The van der Waals surface area contributed by atoms with Crippen LogP contribution in [0.2, 0.25) is 0 Å². The number of carbonyl (C=O) groups is 1. The lowest BCUT2D eigenvalue weighted by Gasteiger charge is -2.28. The van der Waals surface area contributed by atoms with Crippen molar-refractivity contribution in [2.75, 3.05) is 16.8 Å². The first-order valence-electron chi connectivity index (χ1n) is 4.60. The van der Waals surface area contributed by atoms with Gasteiger partial charge < -0.3 is 0 Å². The molecule has 1 amide bonds. The van der Waals surface area contributed by atoms with Gasteiger partial charge in [-0.25, -0.2) is 0 Å². The summed E-state index contributed by atoms with van der Waals surface area (Å²) in [5.74, 6) is -0.575. The molecule has 1 aromatic carbocycles. The molecule has 1 rings (SSSR count). The van der Waals surface area contributed by atoms with E-state index in [0.717, 1.165) is 4.90 Å². The maximum Gasteiger partial charge on any atom is 0.247 e. The average Bonchev–Trinajstić information content (AvgIpc) is 2.27. The van der Waals surface area contributed by atoms with Crippen molar-refractivity contribution in [2.45, 2.75) is 4.90 Å². The van der Waals surface area contributed by atoms with E-state index in [1.165, 1.54) is 4.67 Å². The van der Waals surface area contributed by atoms with E-state index in [9.17, 15) is 4.79 Å². The van der Waals surface area contributed by atoms with E-state index in [-0.39, 0.29) is 11.8 Å². The maximum absolute atomic E-state index is 11.7. The highest BCUT2D eigenvalue weighted by Crippen LogP contribution is 2.38. The van der Waals surface area contributed by atoms with Gasteiger partial charge in [0, 0.05) is 4.90 Å². The van der Waals surface area contributed by atoms with Crippen LogP contribution in [-0.2, 0) is 16.6 Å². The number of hydrogen-bond donors (Lipinski definition) is 2. The van der Waals surface area contributed by atoms with E-state index in [1.807, 2.05) is 24.5 Å². The zero-order chi connectivity index (χ0) is 13.1. The molecule has 0 radical (unpaired) electrons. The second-order valence-corrected chi connectivity index (χ2v) is 7.86. The number of rotatable bonds is 4. The normalized spacial score (nSPS) is 11.3. The van der Waals surface area contributed by atoms with Gasteiger partial charge in [-0.15, -0.1) is 23.4 Å². The third-order valence-electron chi connectivity index (χ3n) is 1.96. The van der Waals surface area contributed by atoms with E-state index in [4.69, 9.17) is 34.4 Å². The van der Waals surface area contributed by atoms with E-state index in [0.29, 0.717) is 5.69 Å². The van der Waals surface area contributed by atoms with Gasteiger partial charge >= 0.3 is 0 Å². The molecule has 0 aliphatic carbocycles. The fourth-order valence-electron chi connectivity index (χ4n) is 1.30. The second-order valence-electron chi connectivity index (χ2n) is 3.21. The summed E-state index contributed by atoms with van der Waals surface area (Å²) in [6.07, 6.45) is 1.94. The molecule has 4 N–H and O–H groups in total. The molecule has 0 heterocycles. The fraction of sp³-hybridized carbons (Fsp3) is 0.222. The van der Waals surface area contributed by atoms with Gasteiger partial charge in [-0.3, -0.25) is 20.5 Å². The Labute approximate surface area is 115 Å². The molecule has 0 saturated heterocycles. The Balaban J connectivity index is 3.22. The van der Waals surface area contributed by atoms with Gasteiger partial charge in [-0.2, -0.15) is 0 Å². The summed E-state index contributed by atoms with van der Waals surface area (Å²) in [6.45, 7) is -2.88. The predicted molar refractivity (Wildman–Crippen MR) is 79.1 cm³/mol. The van der Waals surface area contributed by atoms with Gasteiger partial charge in [0.1, 0.15) is 5.88 Å². The monoisotopic (exact) mass is 309 g/mol. The SMILES string of the molecule is CSc1cccc(N(C(=O)CCl)P(N)(N)=S)c1. The first-order chi connectivity index (χ1) is 7.90. The summed E-state index contributed by atoms with van der Waals surface area (Å²) >= 11 is 12.1. The third-order valence-corrected chi connectivity index (χ3v) is 4.48. The summed E-state index contributed by atoms with van der Waals surface area (Å²) in [4.78, 5) is 12.7. The van der Waals surface area contributed by atoms with Crippen molar-refractivity contribution in [3.05, 3.63) is 24.3 Å². The number of anilines is 1. The lowest BCUT2D eigenvalue weighted by atomic mass is 10.3. The number of alkyl halides is 1. The number of halogens is 1. The number of nitrogens with two attached hydrogens (primary N) is 2. The summed E-state index contributed by atoms with van der Waals surface area (Å²) in [7, 11) is 0. The molecule has 0 unspecified atom stereocenters. The Hall–Kier alpha value is -0.100. The first-order valence-corrected chi connectivity index (χ1v) is 9.26. The minimum atomic E-state index is -2.88. The number of benzene rings is 1. The lowest BCUT2D eigenvalue weighted by Crippen LogP contribution is -2.35. The quantitative estimate of drug-likeness (QED) is 0.506. The van der Waals surface area contributed by atoms with Crippen LogP contribution in [0.4, 0.5) is 5.69 Å². The predicted octanol–water partition coefficient (Wildman–Crippen LogP) is 2.12. The lowest BCUT2D eigenvalue weighted by molar-refractivity contribution is -0.115. The minimum absolute atomic E-state index is 0.198. The van der Waals surface area contributed by atoms with Crippen molar-refractivity contribution in [3.63, 3.8) is 0 Å². The summed E-state index contributed by atoms with van der Waals surface area (Å²) in [5, 5.41) is 0. The van der Waals surface area contributed by atoms with Crippen LogP contribution >= 0.6 is 29.9 Å².